The van der Waals surface area contributed by atoms with Crippen molar-refractivity contribution in [1.29, 1.82) is 0 Å². The predicted octanol–water partition coefficient (Wildman–Crippen LogP) is 2.72. The van der Waals surface area contributed by atoms with Gasteiger partial charge < -0.3 is 16.4 Å². The van der Waals surface area contributed by atoms with Crippen LogP contribution >= 0.6 is 0 Å². The lowest BCUT2D eigenvalue weighted by atomic mass is 10.1. The van der Waals surface area contributed by atoms with Gasteiger partial charge in [0.15, 0.2) is 0 Å². The van der Waals surface area contributed by atoms with Gasteiger partial charge in [-0.15, -0.1) is 0 Å². The summed E-state index contributed by atoms with van der Waals surface area (Å²) >= 11 is 0. The molecule has 0 fully saturated rings. The van der Waals surface area contributed by atoms with E-state index in [-0.39, 0.29) is 18.2 Å². The molecule has 5 nitrogen and oxygen atoms in total. The highest BCUT2D eigenvalue weighted by Crippen LogP contribution is 2.20. The summed E-state index contributed by atoms with van der Waals surface area (Å²) in [5.74, 6) is -0.268. The van der Waals surface area contributed by atoms with E-state index in [0.717, 1.165) is 11.1 Å². The minimum atomic E-state index is -0.150. The maximum Gasteiger partial charge on any atom is 0.228 e. The second-order valence-electron chi connectivity index (χ2n) is 5.18. The number of nitrogens with two attached hydrogens (primary N) is 1. The number of amides is 2. The lowest BCUT2D eigenvalue weighted by molar-refractivity contribution is -0.116. The van der Waals surface area contributed by atoms with Gasteiger partial charge in [0, 0.05) is 24.0 Å². The number of rotatable bonds is 4. The summed E-state index contributed by atoms with van der Waals surface area (Å²) in [5.41, 5.74) is 9.45. The van der Waals surface area contributed by atoms with Gasteiger partial charge in [-0.1, -0.05) is 18.2 Å². The van der Waals surface area contributed by atoms with Gasteiger partial charge in [-0.25, -0.2) is 0 Å². The van der Waals surface area contributed by atoms with Crippen LogP contribution in [0.2, 0.25) is 0 Å². The molecule has 22 heavy (non-hydrogen) atoms. The molecule has 0 spiro atoms. The van der Waals surface area contributed by atoms with E-state index in [4.69, 9.17) is 5.73 Å². The lowest BCUT2D eigenvalue weighted by Crippen LogP contribution is -2.15. The van der Waals surface area contributed by atoms with E-state index in [2.05, 4.69) is 10.6 Å². The summed E-state index contributed by atoms with van der Waals surface area (Å²) in [4.78, 5) is 23.2. The zero-order valence-corrected chi connectivity index (χ0v) is 12.6. The van der Waals surface area contributed by atoms with Gasteiger partial charge in [0.25, 0.3) is 0 Å². The molecule has 0 aliphatic rings. The van der Waals surface area contributed by atoms with Gasteiger partial charge >= 0.3 is 0 Å². The molecule has 0 unspecified atom stereocenters. The highest BCUT2D eigenvalue weighted by molar-refractivity contribution is 5.95. The predicted molar refractivity (Wildman–Crippen MR) is 88.7 cm³/mol. The molecule has 2 amide bonds. The maximum atomic E-state index is 12.1. The van der Waals surface area contributed by atoms with E-state index in [0.29, 0.717) is 17.1 Å². The van der Waals surface area contributed by atoms with E-state index in [1.807, 2.05) is 25.1 Å². The van der Waals surface area contributed by atoms with Crippen molar-refractivity contribution < 1.29 is 9.59 Å². The van der Waals surface area contributed by atoms with Gasteiger partial charge in [0.05, 0.1) is 6.42 Å². The van der Waals surface area contributed by atoms with E-state index in [9.17, 15) is 9.59 Å². The number of aryl methyl sites for hydroxylation is 1. The van der Waals surface area contributed by atoms with Gasteiger partial charge in [0.2, 0.25) is 11.8 Å². The Bertz CT molecular complexity index is 694. The summed E-state index contributed by atoms with van der Waals surface area (Å²) in [5, 5.41) is 5.56. The first-order valence-corrected chi connectivity index (χ1v) is 6.96. The van der Waals surface area contributed by atoms with Crippen LogP contribution in [0.5, 0.6) is 0 Å². The van der Waals surface area contributed by atoms with Gasteiger partial charge in [-0.3, -0.25) is 9.59 Å². The number of hydrogen-bond acceptors (Lipinski definition) is 3. The standard InChI is InChI=1S/C17H19N3O2/c1-11-3-8-15(19-12(2)21)10-16(11)20-17(22)9-13-4-6-14(18)7-5-13/h3-8,10H,9,18H2,1-2H3,(H,19,21)(H,20,22). The number of carbonyl (C=O) groups is 2. The van der Waals surface area contributed by atoms with E-state index < -0.39 is 0 Å². The Morgan fingerprint density at radius 1 is 1.05 bits per heavy atom. The molecule has 114 valence electrons. The second-order valence-corrected chi connectivity index (χ2v) is 5.18. The fourth-order valence-corrected chi connectivity index (χ4v) is 2.05. The third kappa shape index (κ3) is 4.34. The Balaban J connectivity index is 2.07. The van der Waals surface area contributed by atoms with Crippen LogP contribution in [0, 0.1) is 6.92 Å². The Morgan fingerprint density at radius 2 is 1.73 bits per heavy atom. The van der Waals surface area contributed by atoms with Crippen LogP contribution in [0.1, 0.15) is 18.1 Å². The number of hydrogen-bond donors (Lipinski definition) is 3. The molecule has 0 saturated carbocycles. The van der Waals surface area contributed by atoms with E-state index >= 15 is 0 Å². The molecule has 2 rings (SSSR count). The topological polar surface area (TPSA) is 84.2 Å². The summed E-state index contributed by atoms with van der Waals surface area (Å²) < 4.78 is 0. The molecule has 0 saturated heterocycles. The third-order valence-electron chi connectivity index (χ3n) is 3.18. The summed E-state index contributed by atoms with van der Waals surface area (Å²) in [6.07, 6.45) is 0.268. The number of benzene rings is 2. The van der Waals surface area contributed by atoms with E-state index in [1.54, 1.807) is 24.3 Å². The zero-order chi connectivity index (χ0) is 16.1. The normalized spacial score (nSPS) is 10.1. The van der Waals surface area contributed by atoms with Crippen molar-refractivity contribution in [2.24, 2.45) is 0 Å². The fraction of sp³-hybridized carbons (Fsp3) is 0.176. The second kappa shape index (κ2) is 6.76. The average Bonchev–Trinajstić information content (AvgIpc) is 2.44. The van der Waals surface area contributed by atoms with Crippen LogP contribution in [0.25, 0.3) is 0 Å². The van der Waals surface area contributed by atoms with Crippen molar-refractivity contribution in [1.82, 2.24) is 0 Å². The highest BCUT2D eigenvalue weighted by atomic mass is 16.2. The minimum Gasteiger partial charge on any atom is -0.399 e. The van der Waals surface area contributed by atoms with Gasteiger partial charge in [-0.05, 0) is 42.3 Å². The summed E-state index contributed by atoms with van der Waals surface area (Å²) in [6.45, 7) is 3.34. The molecule has 5 heteroatoms. The molecule has 2 aromatic carbocycles. The Hall–Kier alpha value is -2.82. The van der Waals surface area contributed by atoms with Gasteiger partial charge in [-0.2, -0.15) is 0 Å². The molecular formula is C17H19N3O2. The van der Waals surface area contributed by atoms with E-state index in [1.165, 1.54) is 6.92 Å². The molecule has 4 N–H and O–H groups in total. The fourth-order valence-electron chi connectivity index (χ4n) is 2.05. The Labute approximate surface area is 129 Å². The minimum absolute atomic E-state index is 0.118. The SMILES string of the molecule is CC(=O)Nc1ccc(C)c(NC(=O)Cc2ccc(N)cc2)c1. The first kappa shape index (κ1) is 15.6. The van der Waals surface area contributed by atoms with Crippen molar-refractivity contribution in [2.75, 3.05) is 16.4 Å². The molecular weight excluding hydrogens is 278 g/mol. The van der Waals surface area contributed by atoms with Crippen LogP contribution in [0.4, 0.5) is 17.1 Å². The molecule has 0 aromatic heterocycles. The van der Waals surface area contributed by atoms with Crippen molar-refractivity contribution in [3.05, 3.63) is 53.6 Å². The van der Waals surface area contributed by atoms with Crippen LogP contribution in [0.3, 0.4) is 0 Å². The largest absolute Gasteiger partial charge is 0.399 e. The molecule has 0 aliphatic heterocycles. The number of nitrogens with one attached hydrogen (secondary N) is 2. The molecule has 2 aromatic rings. The quantitative estimate of drug-likeness (QED) is 0.759. The van der Waals surface area contributed by atoms with Crippen molar-refractivity contribution >= 4 is 28.9 Å². The number of nitrogen functional groups attached to an aromatic ring is 1. The average molecular weight is 297 g/mol. The van der Waals surface area contributed by atoms with Crippen LogP contribution in [-0.4, -0.2) is 11.8 Å². The Morgan fingerprint density at radius 3 is 2.36 bits per heavy atom. The number of anilines is 3. The molecule has 0 aliphatic carbocycles. The summed E-state index contributed by atoms with van der Waals surface area (Å²) in [6, 6.07) is 12.6. The van der Waals surface area contributed by atoms with Crippen molar-refractivity contribution in [2.45, 2.75) is 20.3 Å². The maximum absolute atomic E-state index is 12.1. The monoisotopic (exact) mass is 297 g/mol. The molecule has 0 heterocycles. The third-order valence-corrected chi connectivity index (χ3v) is 3.18. The number of carbonyl (C=O) groups excluding carboxylic acids is 2. The van der Waals surface area contributed by atoms with Gasteiger partial charge in [0.1, 0.15) is 0 Å². The zero-order valence-electron chi connectivity index (χ0n) is 12.6. The van der Waals surface area contributed by atoms with Crippen LogP contribution < -0.4 is 16.4 Å². The summed E-state index contributed by atoms with van der Waals surface area (Å²) in [7, 11) is 0. The first-order chi connectivity index (χ1) is 10.4. The molecule has 0 radical (unpaired) electrons. The first-order valence-electron chi connectivity index (χ1n) is 6.96. The van der Waals surface area contributed by atoms with Crippen molar-refractivity contribution in [3.63, 3.8) is 0 Å². The Kier molecular flexibility index (Phi) is 4.78. The molecule has 0 bridgehead atoms. The van der Waals surface area contributed by atoms with Crippen molar-refractivity contribution in [3.8, 4) is 0 Å². The smallest absolute Gasteiger partial charge is 0.228 e. The van der Waals surface area contributed by atoms with Crippen LogP contribution in [0.15, 0.2) is 42.5 Å². The molecule has 0 atom stereocenters. The highest BCUT2D eigenvalue weighted by Gasteiger charge is 2.07. The van der Waals surface area contributed by atoms with Crippen LogP contribution in [-0.2, 0) is 16.0 Å². The lowest BCUT2D eigenvalue weighted by Gasteiger charge is -2.11.